The van der Waals surface area contributed by atoms with E-state index in [1.54, 1.807) is 24.3 Å². The predicted molar refractivity (Wildman–Crippen MR) is 88.7 cm³/mol. The molecule has 122 valence electrons. The van der Waals surface area contributed by atoms with Crippen LogP contribution in [-0.2, 0) is 6.54 Å². The zero-order valence-electron chi connectivity index (χ0n) is 12.9. The molecule has 3 aromatic rings. The van der Waals surface area contributed by atoms with E-state index < -0.39 is 0 Å². The van der Waals surface area contributed by atoms with Crippen molar-refractivity contribution in [1.82, 2.24) is 9.97 Å². The average Bonchev–Trinajstić information content (AvgIpc) is 3.01. The third kappa shape index (κ3) is 2.50. The number of aryl methyl sites for hydroxylation is 1. The summed E-state index contributed by atoms with van der Waals surface area (Å²) >= 11 is 0. The fourth-order valence-electron chi connectivity index (χ4n) is 2.63. The number of anilines is 1. The maximum atomic E-state index is 12.3. The van der Waals surface area contributed by atoms with Gasteiger partial charge in [0.15, 0.2) is 23.1 Å². The number of fused-ring (bicyclic) bond motifs is 2. The van der Waals surface area contributed by atoms with E-state index in [1.165, 1.54) is 0 Å². The molecule has 7 heteroatoms. The zero-order chi connectivity index (χ0) is 16.7. The lowest BCUT2D eigenvalue weighted by Gasteiger charge is -2.09. The fourth-order valence-corrected chi connectivity index (χ4v) is 2.63. The number of hydrogen-bond donors (Lipinski definition) is 3. The Hall–Kier alpha value is -3.22. The highest BCUT2D eigenvalue weighted by Crippen LogP contribution is 2.35. The van der Waals surface area contributed by atoms with Gasteiger partial charge in [0.05, 0.1) is 5.52 Å². The van der Waals surface area contributed by atoms with Crippen molar-refractivity contribution in [3.63, 3.8) is 0 Å². The standard InChI is InChI=1S/C17H15N3O4/c1-9-2-3-13(21)16(19-9)18-7-11-4-10-5-14-15(24-8-23-14)6-12(10)20-17(11)22/h2-6,21H,7-8H2,1H3,(H,18,19)(H,20,22). The summed E-state index contributed by atoms with van der Waals surface area (Å²) in [6.07, 6.45) is 0. The fraction of sp³-hybridized carbons (Fsp3) is 0.176. The van der Waals surface area contributed by atoms with E-state index >= 15 is 0 Å². The number of aromatic nitrogens is 2. The molecule has 3 heterocycles. The van der Waals surface area contributed by atoms with E-state index in [4.69, 9.17) is 9.47 Å². The van der Waals surface area contributed by atoms with Gasteiger partial charge >= 0.3 is 0 Å². The van der Waals surface area contributed by atoms with Crippen LogP contribution in [-0.4, -0.2) is 21.9 Å². The first-order valence-corrected chi connectivity index (χ1v) is 7.46. The molecule has 0 fully saturated rings. The zero-order valence-corrected chi connectivity index (χ0v) is 12.9. The van der Waals surface area contributed by atoms with E-state index in [0.717, 1.165) is 11.1 Å². The molecule has 0 atom stereocenters. The Morgan fingerprint density at radius 1 is 1.25 bits per heavy atom. The molecule has 0 radical (unpaired) electrons. The SMILES string of the molecule is Cc1ccc(O)c(NCc2cc3cc4c(cc3[nH]c2=O)OCO4)n1. The minimum atomic E-state index is -0.207. The van der Waals surface area contributed by atoms with Crippen molar-refractivity contribution in [3.8, 4) is 17.2 Å². The largest absolute Gasteiger partial charge is 0.504 e. The van der Waals surface area contributed by atoms with Crippen LogP contribution in [0.15, 0.2) is 35.1 Å². The molecule has 1 aliphatic heterocycles. The number of benzene rings is 1. The lowest BCUT2D eigenvalue weighted by atomic mass is 10.1. The van der Waals surface area contributed by atoms with Crippen molar-refractivity contribution in [2.24, 2.45) is 0 Å². The van der Waals surface area contributed by atoms with E-state index in [0.29, 0.717) is 28.4 Å². The van der Waals surface area contributed by atoms with Gasteiger partial charge in [-0.05, 0) is 31.2 Å². The Morgan fingerprint density at radius 2 is 2.04 bits per heavy atom. The molecule has 7 nitrogen and oxygen atoms in total. The monoisotopic (exact) mass is 325 g/mol. The van der Waals surface area contributed by atoms with Crippen LogP contribution in [0.3, 0.4) is 0 Å². The number of ether oxygens (including phenoxy) is 2. The van der Waals surface area contributed by atoms with Crippen molar-refractivity contribution in [2.75, 3.05) is 12.1 Å². The molecule has 3 N–H and O–H groups in total. The van der Waals surface area contributed by atoms with Gasteiger partial charge in [0.1, 0.15) is 0 Å². The van der Waals surface area contributed by atoms with Crippen LogP contribution in [0.2, 0.25) is 0 Å². The first-order valence-electron chi connectivity index (χ1n) is 7.46. The third-order valence-corrected chi connectivity index (χ3v) is 3.87. The Labute approximate surface area is 136 Å². The minimum absolute atomic E-state index is 0.0428. The second-order valence-corrected chi connectivity index (χ2v) is 5.59. The first-order chi connectivity index (χ1) is 11.6. The summed E-state index contributed by atoms with van der Waals surface area (Å²) in [4.78, 5) is 19.3. The third-order valence-electron chi connectivity index (χ3n) is 3.87. The molecular weight excluding hydrogens is 310 g/mol. The van der Waals surface area contributed by atoms with Crippen molar-refractivity contribution in [2.45, 2.75) is 13.5 Å². The first kappa shape index (κ1) is 14.4. The van der Waals surface area contributed by atoms with Gasteiger partial charge in [0, 0.05) is 29.3 Å². The topological polar surface area (TPSA) is 96.5 Å². The number of rotatable bonds is 3. The second kappa shape index (κ2) is 5.45. The van der Waals surface area contributed by atoms with Crippen LogP contribution in [0.1, 0.15) is 11.3 Å². The molecule has 0 saturated carbocycles. The summed E-state index contributed by atoms with van der Waals surface area (Å²) in [6.45, 7) is 2.25. The average molecular weight is 325 g/mol. The highest BCUT2D eigenvalue weighted by molar-refractivity contribution is 5.83. The van der Waals surface area contributed by atoms with Gasteiger partial charge in [-0.2, -0.15) is 0 Å². The normalized spacial score (nSPS) is 12.5. The van der Waals surface area contributed by atoms with Gasteiger partial charge in [0.25, 0.3) is 5.56 Å². The molecule has 0 spiro atoms. The van der Waals surface area contributed by atoms with Crippen molar-refractivity contribution in [1.29, 1.82) is 0 Å². The summed E-state index contributed by atoms with van der Waals surface area (Å²) in [5.74, 6) is 1.67. The molecule has 4 rings (SSSR count). The molecule has 1 aliphatic rings. The maximum absolute atomic E-state index is 12.3. The molecule has 0 saturated heterocycles. The highest BCUT2D eigenvalue weighted by Gasteiger charge is 2.15. The Kier molecular flexibility index (Phi) is 3.26. The number of nitrogens with one attached hydrogen (secondary N) is 2. The molecule has 0 unspecified atom stereocenters. The van der Waals surface area contributed by atoms with Crippen LogP contribution in [0, 0.1) is 6.92 Å². The van der Waals surface area contributed by atoms with E-state index in [2.05, 4.69) is 15.3 Å². The van der Waals surface area contributed by atoms with E-state index in [-0.39, 0.29) is 24.6 Å². The summed E-state index contributed by atoms with van der Waals surface area (Å²) in [5, 5.41) is 13.7. The van der Waals surface area contributed by atoms with E-state index in [1.807, 2.05) is 13.0 Å². The van der Waals surface area contributed by atoms with Crippen LogP contribution in [0.4, 0.5) is 5.82 Å². The number of hydrogen-bond acceptors (Lipinski definition) is 6. The van der Waals surface area contributed by atoms with Crippen LogP contribution in [0.5, 0.6) is 17.2 Å². The van der Waals surface area contributed by atoms with Crippen LogP contribution in [0.25, 0.3) is 10.9 Å². The number of aromatic amines is 1. The molecule has 24 heavy (non-hydrogen) atoms. The molecule has 1 aromatic carbocycles. The Balaban J connectivity index is 1.66. The quantitative estimate of drug-likeness (QED) is 0.683. The van der Waals surface area contributed by atoms with Gasteiger partial charge in [-0.15, -0.1) is 0 Å². The summed E-state index contributed by atoms with van der Waals surface area (Å²) in [5.41, 5.74) is 1.78. The summed E-state index contributed by atoms with van der Waals surface area (Å²) < 4.78 is 10.7. The van der Waals surface area contributed by atoms with E-state index in [9.17, 15) is 9.90 Å². The van der Waals surface area contributed by atoms with Gasteiger partial charge in [-0.3, -0.25) is 4.79 Å². The number of pyridine rings is 2. The van der Waals surface area contributed by atoms with Crippen LogP contribution < -0.4 is 20.3 Å². The Bertz CT molecular complexity index is 997. The smallest absolute Gasteiger partial charge is 0.253 e. The lowest BCUT2D eigenvalue weighted by molar-refractivity contribution is 0.174. The van der Waals surface area contributed by atoms with Gasteiger partial charge in [-0.1, -0.05) is 0 Å². The summed E-state index contributed by atoms with van der Waals surface area (Å²) in [6, 6.07) is 8.65. The molecule has 2 aromatic heterocycles. The molecule has 0 bridgehead atoms. The number of aromatic hydroxyl groups is 1. The van der Waals surface area contributed by atoms with Crippen molar-refractivity contribution >= 4 is 16.7 Å². The van der Waals surface area contributed by atoms with Crippen molar-refractivity contribution < 1.29 is 14.6 Å². The lowest BCUT2D eigenvalue weighted by Crippen LogP contribution is -2.16. The second-order valence-electron chi connectivity index (χ2n) is 5.59. The predicted octanol–water partition coefficient (Wildman–Crippen LogP) is 2.28. The minimum Gasteiger partial charge on any atom is -0.504 e. The number of nitrogens with zero attached hydrogens (tertiary/aromatic N) is 1. The van der Waals surface area contributed by atoms with Gasteiger partial charge in [-0.25, -0.2) is 4.98 Å². The van der Waals surface area contributed by atoms with Gasteiger partial charge in [0.2, 0.25) is 6.79 Å². The highest BCUT2D eigenvalue weighted by atomic mass is 16.7. The van der Waals surface area contributed by atoms with Crippen molar-refractivity contribution in [3.05, 3.63) is 51.9 Å². The Morgan fingerprint density at radius 3 is 2.88 bits per heavy atom. The number of H-pyrrole nitrogens is 1. The molecular formula is C17H15N3O4. The van der Waals surface area contributed by atoms with Gasteiger partial charge < -0.3 is 24.9 Å². The molecule has 0 amide bonds. The van der Waals surface area contributed by atoms with Crippen LogP contribution >= 0.6 is 0 Å². The molecule has 0 aliphatic carbocycles. The summed E-state index contributed by atoms with van der Waals surface area (Å²) in [7, 11) is 0. The maximum Gasteiger partial charge on any atom is 0.253 e.